The molecule has 2 aromatic heterocycles. The molecule has 1 N–H and O–H groups in total. The molecular formula is C13H15N3O2. The molecule has 94 valence electrons. The molecule has 3 rings (SSSR count). The van der Waals surface area contributed by atoms with Gasteiger partial charge in [0.15, 0.2) is 11.5 Å². The highest BCUT2D eigenvalue weighted by Crippen LogP contribution is 2.31. The van der Waals surface area contributed by atoms with Gasteiger partial charge in [-0.1, -0.05) is 19.3 Å². The highest BCUT2D eigenvalue weighted by molar-refractivity contribution is 5.94. The molecule has 1 fully saturated rings. The molecule has 0 atom stereocenters. The molecule has 0 unspecified atom stereocenters. The molecule has 1 aliphatic rings. The van der Waals surface area contributed by atoms with Gasteiger partial charge in [-0.05, 0) is 25.0 Å². The van der Waals surface area contributed by atoms with Crippen molar-refractivity contribution in [3.8, 4) is 0 Å². The van der Waals surface area contributed by atoms with E-state index in [9.17, 15) is 4.79 Å². The summed E-state index contributed by atoms with van der Waals surface area (Å²) in [7, 11) is 0. The molecule has 18 heavy (non-hydrogen) atoms. The van der Waals surface area contributed by atoms with Crippen molar-refractivity contribution in [1.29, 1.82) is 0 Å². The molecule has 0 amide bonds. The van der Waals surface area contributed by atoms with E-state index in [2.05, 4.69) is 10.1 Å². The van der Waals surface area contributed by atoms with Crippen molar-refractivity contribution in [3.63, 3.8) is 0 Å². The third kappa shape index (κ3) is 1.85. The minimum absolute atomic E-state index is 0.215. The van der Waals surface area contributed by atoms with Crippen LogP contribution in [0.1, 0.15) is 54.2 Å². The summed E-state index contributed by atoms with van der Waals surface area (Å²) in [5.74, 6) is 0.229. The molecule has 2 heterocycles. The highest BCUT2D eigenvalue weighted by Gasteiger charge is 2.21. The number of aromatic carboxylic acids is 1. The average molecular weight is 245 g/mol. The summed E-state index contributed by atoms with van der Waals surface area (Å²) in [4.78, 5) is 15.5. The zero-order chi connectivity index (χ0) is 12.5. The Kier molecular flexibility index (Phi) is 2.74. The normalized spacial score (nSPS) is 17.1. The summed E-state index contributed by atoms with van der Waals surface area (Å²) < 4.78 is 1.58. The van der Waals surface area contributed by atoms with Crippen LogP contribution in [0.4, 0.5) is 0 Å². The Bertz CT molecular complexity index is 585. The van der Waals surface area contributed by atoms with Crippen molar-refractivity contribution in [2.24, 2.45) is 0 Å². The van der Waals surface area contributed by atoms with Crippen LogP contribution in [-0.4, -0.2) is 25.7 Å². The minimum Gasteiger partial charge on any atom is -0.478 e. The van der Waals surface area contributed by atoms with Crippen LogP contribution in [0.5, 0.6) is 0 Å². The van der Waals surface area contributed by atoms with Crippen LogP contribution in [0, 0.1) is 0 Å². The van der Waals surface area contributed by atoms with Gasteiger partial charge >= 0.3 is 5.97 Å². The smallest absolute Gasteiger partial charge is 0.339 e. The molecule has 0 radical (unpaired) electrons. The van der Waals surface area contributed by atoms with Crippen LogP contribution in [0.3, 0.4) is 0 Å². The van der Waals surface area contributed by atoms with Crippen molar-refractivity contribution in [2.75, 3.05) is 0 Å². The Hall–Kier alpha value is -1.91. The van der Waals surface area contributed by atoms with Crippen molar-refractivity contribution in [1.82, 2.24) is 14.6 Å². The lowest BCUT2D eigenvalue weighted by atomic mass is 9.89. The number of hydrogen-bond donors (Lipinski definition) is 1. The maximum atomic E-state index is 11.1. The Balaban J connectivity index is 2.04. The zero-order valence-electron chi connectivity index (χ0n) is 10.0. The molecule has 5 nitrogen and oxygen atoms in total. The first-order valence-corrected chi connectivity index (χ1v) is 6.34. The third-order valence-corrected chi connectivity index (χ3v) is 3.58. The van der Waals surface area contributed by atoms with Crippen LogP contribution in [0.2, 0.25) is 0 Å². The molecular weight excluding hydrogens is 230 g/mol. The number of carboxylic acids is 1. The van der Waals surface area contributed by atoms with E-state index in [0.29, 0.717) is 11.6 Å². The number of carboxylic acid groups (broad SMARTS) is 1. The Labute approximate surface area is 104 Å². The maximum Gasteiger partial charge on any atom is 0.339 e. The van der Waals surface area contributed by atoms with E-state index in [0.717, 1.165) is 18.7 Å². The lowest BCUT2D eigenvalue weighted by molar-refractivity contribution is 0.0698. The van der Waals surface area contributed by atoms with Crippen LogP contribution < -0.4 is 0 Å². The number of nitrogens with zero attached hydrogens (tertiary/aromatic N) is 3. The van der Waals surface area contributed by atoms with E-state index in [-0.39, 0.29) is 5.56 Å². The lowest BCUT2D eigenvalue weighted by Gasteiger charge is -2.17. The van der Waals surface area contributed by atoms with Gasteiger partial charge in [0.05, 0.1) is 0 Å². The number of aromatic nitrogens is 3. The molecule has 5 heteroatoms. The second-order valence-corrected chi connectivity index (χ2v) is 4.80. The van der Waals surface area contributed by atoms with Crippen molar-refractivity contribution in [3.05, 3.63) is 29.7 Å². The number of carbonyl (C=O) groups is 1. The van der Waals surface area contributed by atoms with E-state index >= 15 is 0 Å². The topological polar surface area (TPSA) is 67.5 Å². The lowest BCUT2D eigenvalue weighted by Crippen LogP contribution is -2.06. The second kappa shape index (κ2) is 4.40. The quantitative estimate of drug-likeness (QED) is 0.882. The number of pyridine rings is 1. The van der Waals surface area contributed by atoms with Crippen LogP contribution in [0.15, 0.2) is 18.3 Å². The van der Waals surface area contributed by atoms with E-state index in [1.54, 1.807) is 22.8 Å². The SMILES string of the molecule is O=C(O)c1cccn2nc(C3CCCCC3)nc12. The van der Waals surface area contributed by atoms with Gasteiger partial charge in [-0.3, -0.25) is 0 Å². The Morgan fingerprint density at radius 3 is 2.83 bits per heavy atom. The van der Waals surface area contributed by atoms with Crippen molar-refractivity contribution in [2.45, 2.75) is 38.0 Å². The molecule has 0 spiro atoms. The van der Waals surface area contributed by atoms with Gasteiger partial charge in [0.1, 0.15) is 5.56 Å². The Morgan fingerprint density at radius 2 is 2.11 bits per heavy atom. The highest BCUT2D eigenvalue weighted by atomic mass is 16.4. The van der Waals surface area contributed by atoms with Gasteiger partial charge in [0.2, 0.25) is 0 Å². The summed E-state index contributed by atoms with van der Waals surface area (Å²) in [6.45, 7) is 0. The van der Waals surface area contributed by atoms with Crippen molar-refractivity contribution >= 4 is 11.6 Å². The van der Waals surface area contributed by atoms with Gasteiger partial charge in [-0.15, -0.1) is 0 Å². The first kappa shape index (κ1) is 11.2. The van der Waals surface area contributed by atoms with Gasteiger partial charge in [0, 0.05) is 12.1 Å². The fraction of sp³-hybridized carbons (Fsp3) is 0.462. The monoisotopic (exact) mass is 245 g/mol. The standard InChI is InChI=1S/C13H15N3O2/c17-13(18)10-7-4-8-16-12(10)14-11(15-16)9-5-2-1-3-6-9/h4,7-9H,1-3,5-6H2,(H,17,18). The Morgan fingerprint density at radius 1 is 1.33 bits per heavy atom. The van der Waals surface area contributed by atoms with Crippen LogP contribution >= 0.6 is 0 Å². The first-order chi connectivity index (χ1) is 8.75. The predicted octanol–water partition coefficient (Wildman–Crippen LogP) is 2.48. The van der Waals surface area contributed by atoms with Gasteiger partial charge < -0.3 is 5.11 Å². The molecule has 2 aromatic rings. The summed E-state index contributed by atoms with van der Waals surface area (Å²) in [5.41, 5.74) is 0.664. The summed E-state index contributed by atoms with van der Waals surface area (Å²) in [5, 5.41) is 13.5. The van der Waals surface area contributed by atoms with Crippen LogP contribution in [0.25, 0.3) is 5.65 Å². The summed E-state index contributed by atoms with van der Waals surface area (Å²) in [6, 6.07) is 3.26. The maximum absolute atomic E-state index is 11.1. The fourth-order valence-corrected chi connectivity index (χ4v) is 2.62. The molecule has 1 aliphatic carbocycles. The molecule has 0 aliphatic heterocycles. The minimum atomic E-state index is -0.955. The van der Waals surface area contributed by atoms with E-state index in [1.807, 2.05) is 0 Å². The molecule has 0 aromatic carbocycles. The fourth-order valence-electron chi connectivity index (χ4n) is 2.62. The van der Waals surface area contributed by atoms with Crippen LogP contribution in [-0.2, 0) is 0 Å². The second-order valence-electron chi connectivity index (χ2n) is 4.80. The van der Waals surface area contributed by atoms with Crippen molar-refractivity contribution < 1.29 is 9.90 Å². The van der Waals surface area contributed by atoms with E-state index < -0.39 is 5.97 Å². The van der Waals surface area contributed by atoms with Gasteiger partial charge in [-0.2, -0.15) is 5.10 Å². The third-order valence-electron chi connectivity index (χ3n) is 3.58. The zero-order valence-corrected chi connectivity index (χ0v) is 10.0. The number of rotatable bonds is 2. The molecule has 0 bridgehead atoms. The van der Waals surface area contributed by atoms with E-state index in [4.69, 9.17) is 5.11 Å². The largest absolute Gasteiger partial charge is 0.478 e. The molecule has 0 saturated heterocycles. The summed E-state index contributed by atoms with van der Waals surface area (Å²) >= 11 is 0. The summed E-state index contributed by atoms with van der Waals surface area (Å²) in [6.07, 6.45) is 7.68. The molecule has 1 saturated carbocycles. The average Bonchev–Trinajstić information content (AvgIpc) is 2.83. The number of fused-ring (bicyclic) bond motifs is 1. The number of hydrogen-bond acceptors (Lipinski definition) is 3. The van der Waals surface area contributed by atoms with E-state index in [1.165, 1.54) is 19.3 Å². The van der Waals surface area contributed by atoms with Gasteiger partial charge in [-0.25, -0.2) is 14.3 Å². The van der Waals surface area contributed by atoms with Gasteiger partial charge in [0.25, 0.3) is 0 Å². The first-order valence-electron chi connectivity index (χ1n) is 6.34. The predicted molar refractivity (Wildman–Crippen MR) is 65.8 cm³/mol.